The molecule has 6 nitrogen and oxygen atoms in total. The number of likely N-dealkylation sites (tertiary alicyclic amines) is 1. The molecule has 0 unspecified atom stereocenters. The molecule has 0 atom stereocenters. The van der Waals surface area contributed by atoms with Crippen molar-refractivity contribution in [3.8, 4) is 0 Å². The molecule has 1 aromatic rings. The van der Waals surface area contributed by atoms with Crippen molar-refractivity contribution < 1.29 is 9.90 Å². The average molecular weight is 266 g/mol. The second-order valence-corrected chi connectivity index (χ2v) is 5.66. The van der Waals surface area contributed by atoms with E-state index in [0.29, 0.717) is 5.69 Å². The molecule has 1 amide bonds. The Morgan fingerprint density at radius 3 is 2.47 bits per heavy atom. The van der Waals surface area contributed by atoms with Crippen LogP contribution in [0.2, 0.25) is 0 Å². The van der Waals surface area contributed by atoms with Crippen LogP contribution in [0.3, 0.4) is 0 Å². The van der Waals surface area contributed by atoms with E-state index in [0.717, 1.165) is 25.9 Å². The van der Waals surface area contributed by atoms with E-state index in [1.807, 2.05) is 4.90 Å². The molecule has 19 heavy (non-hydrogen) atoms. The van der Waals surface area contributed by atoms with E-state index in [-0.39, 0.29) is 12.5 Å². The molecular formula is C13H22N4O2. The highest BCUT2D eigenvalue weighted by Crippen LogP contribution is 2.16. The van der Waals surface area contributed by atoms with Gasteiger partial charge in [-0.2, -0.15) is 0 Å². The van der Waals surface area contributed by atoms with E-state index in [2.05, 4.69) is 10.3 Å². The first-order valence-electron chi connectivity index (χ1n) is 6.87. The Kier molecular flexibility index (Phi) is 4.19. The van der Waals surface area contributed by atoms with Crippen molar-refractivity contribution in [1.29, 1.82) is 0 Å². The third-order valence-corrected chi connectivity index (χ3v) is 3.42. The van der Waals surface area contributed by atoms with Crippen molar-refractivity contribution in [2.24, 2.45) is 0 Å². The largest absolute Gasteiger partial charge is 0.384 e. The molecule has 1 fully saturated rings. The molecular weight excluding hydrogens is 244 g/mol. The second-order valence-electron chi connectivity index (χ2n) is 5.66. The zero-order valence-corrected chi connectivity index (χ0v) is 11.7. The molecule has 0 radical (unpaired) electrons. The molecule has 0 aliphatic carbocycles. The van der Waals surface area contributed by atoms with Crippen LogP contribution in [0.4, 0.5) is 0 Å². The van der Waals surface area contributed by atoms with Gasteiger partial charge in [0.1, 0.15) is 17.8 Å². The van der Waals surface area contributed by atoms with Gasteiger partial charge in [0.05, 0.1) is 6.20 Å². The van der Waals surface area contributed by atoms with Crippen LogP contribution in [0, 0.1) is 0 Å². The SMILES string of the molecule is CC(C)(O)c1cn(CC(=O)N2CCCCCC2)nn1. The molecule has 0 spiro atoms. The van der Waals surface area contributed by atoms with Gasteiger partial charge >= 0.3 is 0 Å². The van der Waals surface area contributed by atoms with Crippen molar-refractivity contribution in [2.45, 2.75) is 51.7 Å². The normalized spacial score (nSPS) is 17.3. The molecule has 1 aliphatic heterocycles. The van der Waals surface area contributed by atoms with Crippen molar-refractivity contribution >= 4 is 5.91 Å². The zero-order valence-electron chi connectivity index (χ0n) is 11.7. The van der Waals surface area contributed by atoms with Gasteiger partial charge in [0.25, 0.3) is 0 Å². The summed E-state index contributed by atoms with van der Waals surface area (Å²) in [5, 5.41) is 17.6. The highest BCUT2D eigenvalue weighted by atomic mass is 16.3. The fourth-order valence-corrected chi connectivity index (χ4v) is 2.21. The van der Waals surface area contributed by atoms with Gasteiger partial charge in [-0.3, -0.25) is 4.79 Å². The number of aliphatic hydroxyl groups is 1. The first-order chi connectivity index (χ1) is 8.97. The standard InChI is InChI=1S/C13H22N4O2/c1-13(2,19)11-9-17(15-14-11)10-12(18)16-7-5-3-4-6-8-16/h9,19H,3-8,10H2,1-2H3. The van der Waals surface area contributed by atoms with Gasteiger partial charge in [0.2, 0.25) is 5.91 Å². The molecule has 1 aliphatic rings. The Hall–Kier alpha value is -1.43. The minimum atomic E-state index is -1.02. The topological polar surface area (TPSA) is 71.2 Å². The first kappa shape index (κ1) is 14.0. The van der Waals surface area contributed by atoms with Crippen molar-refractivity contribution in [3.05, 3.63) is 11.9 Å². The third-order valence-electron chi connectivity index (χ3n) is 3.42. The highest BCUT2D eigenvalue weighted by Gasteiger charge is 2.21. The van der Waals surface area contributed by atoms with Gasteiger partial charge in [-0.1, -0.05) is 18.1 Å². The van der Waals surface area contributed by atoms with Crippen LogP contribution in [0.5, 0.6) is 0 Å². The summed E-state index contributed by atoms with van der Waals surface area (Å²) in [7, 11) is 0. The Morgan fingerprint density at radius 1 is 1.32 bits per heavy atom. The van der Waals surface area contributed by atoms with Crippen LogP contribution in [0.1, 0.15) is 45.2 Å². The molecule has 6 heteroatoms. The minimum Gasteiger partial charge on any atom is -0.384 e. The number of aromatic nitrogens is 3. The summed E-state index contributed by atoms with van der Waals surface area (Å²) in [6, 6.07) is 0. The second kappa shape index (κ2) is 5.69. The number of rotatable bonds is 3. The summed E-state index contributed by atoms with van der Waals surface area (Å²) < 4.78 is 1.50. The molecule has 2 heterocycles. The maximum atomic E-state index is 12.2. The van der Waals surface area contributed by atoms with Gasteiger partial charge < -0.3 is 10.0 Å². The number of carbonyl (C=O) groups is 1. The number of nitrogens with zero attached hydrogens (tertiary/aromatic N) is 4. The first-order valence-corrected chi connectivity index (χ1v) is 6.87. The Morgan fingerprint density at radius 2 is 1.95 bits per heavy atom. The lowest BCUT2D eigenvalue weighted by Gasteiger charge is -2.19. The number of hydrogen-bond acceptors (Lipinski definition) is 4. The van der Waals surface area contributed by atoms with Crippen LogP contribution in [0.15, 0.2) is 6.20 Å². The summed E-state index contributed by atoms with van der Waals surface area (Å²) in [4.78, 5) is 14.1. The Balaban J connectivity index is 1.96. The van der Waals surface area contributed by atoms with Gasteiger partial charge in [0.15, 0.2) is 0 Å². The Labute approximate surface area is 113 Å². The quantitative estimate of drug-likeness (QED) is 0.882. The van der Waals surface area contributed by atoms with Crippen LogP contribution < -0.4 is 0 Å². The molecule has 2 rings (SSSR count). The molecule has 0 bridgehead atoms. The maximum absolute atomic E-state index is 12.2. The molecule has 0 saturated carbocycles. The summed E-state index contributed by atoms with van der Waals surface area (Å²) >= 11 is 0. The van der Waals surface area contributed by atoms with Crippen molar-refractivity contribution in [3.63, 3.8) is 0 Å². The maximum Gasteiger partial charge on any atom is 0.244 e. The molecule has 106 valence electrons. The van der Waals surface area contributed by atoms with Crippen molar-refractivity contribution in [2.75, 3.05) is 13.1 Å². The van der Waals surface area contributed by atoms with E-state index >= 15 is 0 Å². The van der Waals surface area contributed by atoms with Crippen LogP contribution in [0.25, 0.3) is 0 Å². The number of carbonyl (C=O) groups excluding carboxylic acids is 1. The van der Waals surface area contributed by atoms with E-state index < -0.39 is 5.60 Å². The smallest absolute Gasteiger partial charge is 0.244 e. The fourth-order valence-electron chi connectivity index (χ4n) is 2.21. The van der Waals surface area contributed by atoms with Crippen LogP contribution >= 0.6 is 0 Å². The van der Waals surface area contributed by atoms with E-state index in [1.54, 1.807) is 20.0 Å². The summed E-state index contributed by atoms with van der Waals surface area (Å²) in [6.45, 7) is 5.18. The van der Waals surface area contributed by atoms with Crippen LogP contribution in [-0.2, 0) is 16.9 Å². The Bertz CT molecular complexity index is 428. The van der Waals surface area contributed by atoms with E-state index in [1.165, 1.54) is 17.5 Å². The lowest BCUT2D eigenvalue weighted by Crippen LogP contribution is -2.34. The molecule has 0 aromatic carbocycles. The van der Waals surface area contributed by atoms with Gasteiger partial charge in [-0.05, 0) is 26.7 Å². The molecule has 1 saturated heterocycles. The minimum absolute atomic E-state index is 0.0779. The lowest BCUT2D eigenvalue weighted by molar-refractivity contribution is -0.132. The monoisotopic (exact) mass is 266 g/mol. The molecule has 1 aromatic heterocycles. The van der Waals surface area contributed by atoms with Gasteiger partial charge in [-0.15, -0.1) is 5.10 Å². The number of hydrogen-bond donors (Lipinski definition) is 1. The third kappa shape index (κ3) is 3.76. The highest BCUT2D eigenvalue weighted by molar-refractivity contribution is 5.75. The summed E-state index contributed by atoms with van der Waals surface area (Å²) in [5.74, 6) is 0.0779. The lowest BCUT2D eigenvalue weighted by atomic mass is 10.1. The van der Waals surface area contributed by atoms with Gasteiger partial charge in [-0.25, -0.2) is 4.68 Å². The van der Waals surface area contributed by atoms with Crippen LogP contribution in [-0.4, -0.2) is 44.0 Å². The summed E-state index contributed by atoms with van der Waals surface area (Å²) in [5.41, 5.74) is -0.541. The van der Waals surface area contributed by atoms with Gasteiger partial charge in [0, 0.05) is 13.1 Å². The molecule has 1 N–H and O–H groups in total. The van der Waals surface area contributed by atoms with E-state index in [9.17, 15) is 9.90 Å². The van der Waals surface area contributed by atoms with E-state index in [4.69, 9.17) is 0 Å². The predicted molar refractivity (Wildman–Crippen MR) is 70.3 cm³/mol. The predicted octanol–water partition coefficient (Wildman–Crippen LogP) is 0.908. The fraction of sp³-hybridized carbons (Fsp3) is 0.769. The average Bonchev–Trinajstić information content (AvgIpc) is 2.63. The zero-order chi connectivity index (χ0) is 13.9. The number of amides is 1. The summed E-state index contributed by atoms with van der Waals surface area (Å²) in [6.07, 6.45) is 6.21. The van der Waals surface area contributed by atoms with Crippen molar-refractivity contribution in [1.82, 2.24) is 19.9 Å².